The third kappa shape index (κ3) is 3.06. The number of hydrogen-bond acceptors (Lipinski definition) is 2. The van der Waals surface area contributed by atoms with Crippen molar-refractivity contribution in [1.29, 1.82) is 0 Å². The molecular weight excluding hydrogens is 287 g/mol. The zero-order chi connectivity index (χ0) is 12.4. The number of carbonyl (C=O) groups is 1. The zero-order valence-corrected chi connectivity index (χ0v) is 11.2. The molecule has 2 rings (SSSR count). The fraction of sp³-hybridized carbons (Fsp3) is 0.462. The predicted molar refractivity (Wildman–Crippen MR) is 66.5 cm³/mol. The lowest BCUT2D eigenvalue weighted by Gasteiger charge is -2.07. The maximum atomic E-state index is 13.8. The van der Waals surface area contributed by atoms with E-state index in [-0.39, 0.29) is 5.56 Å². The van der Waals surface area contributed by atoms with Gasteiger partial charge in [-0.3, -0.25) is 0 Å². The van der Waals surface area contributed by atoms with Gasteiger partial charge in [0.25, 0.3) is 0 Å². The van der Waals surface area contributed by atoms with Gasteiger partial charge in [0.05, 0.1) is 12.2 Å². The first-order valence-corrected chi connectivity index (χ1v) is 6.50. The summed E-state index contributed by atoms with van der Waals surface area (Å²) in [6.07, 6.45) is 3.34. The Labute approximate surface area is 108 Å². The highest BCUT2D eigenvalue weighted by Crippen LogP contribution is 2.32. The van der Waals surface area contributed by atoms with E-state index in [9.17, 15) is 9.18 Å². The van der Waals surface area contributed by atoms with Gasteiger partial charge in [-0.05, 0) is 37.0 Å². The zero-order valence-electron chi connectivity index (χ0n) is 9.63. The van der Waals surface area contributed by atoms with Crippen molar-refractivity contribution in [2.75, 3.05) is 6.61 Å². The van der Waals surface area contributed by atoms with Crippen molar-refractivity contribution in [1.82, 2.24) is 0 Å². The first-order chi connectivity index (χ1) is 8.09. The molecule has 1 aliphatic carbocycles. The third-order valence-electron chi connectivity index (χ3n) is 3.00. The fourth-order valence-electron chi connectivity index (χ4n) is 1.62. The topological polar surface area (TPSA) is 26.3 Å². The quantitative estimate of drug-likeness (QED) is 0.790. The molecule has 1 fully saturated rings. The van der Waals surface area contributed by atoms with Crippen LogP contribution in [0.3, 0.4) is 0 Å². The molecule has 0 aromatic heterocycles. The largest absolute Gasteiger partial charge is 0.462 e. The van der Waals surface area contributed by atoms with Gasteiger partial charge in [0.1, 0.15) is 5.82 Å². The minimum atomic E-state index is -0.571. The summed E-state index contributed by atoms with van der Waals surface area (Å²) in [6, 6.07) is 3.11. The molecule has 4 heteroatoms. The number of halogens is 2. The predicted octanol–water partition coefficient (Wildman–Crippen LogP) is 3.85. The summed E-state index contributed by atoms with van der Waals surface area (Å²) in [7, 11) is 0. The van der Waals surface area contributed by atoms with Gasteiger partial charge in [-0.2, -0.15) is 0 Å². The van der Waals surface area contributed by atoms with E-state index in [4.69, 9.17) is 4.74 Å². The molecule has 2 nitrogen and oxygen atoms in total. The van der Waals surface area contributed by atoms with Crippen LogP contribution in [0.15, 0.2) is 16.6 Å². The van der Waals surface area contributed by atoms with Crippen LogP contribution in [0, 0.1) is 18.7 Å². The highest BCUT2D eigenvalue weighted by molar-refractivity contribution is 9.10. The molecule has 0 N–H and O–H groups in total. The van der Waals surface area contributed by atoms with E-state index < -0.39 is 11.8 Å². The second-order valence-electron chi connectivity index (χ2n) is 4.40. The molecule has 92 valence electrons. The molecule has 0 aliphatic heterocycles. The Morgan fingerprint density at radius 2 is 2.24 bits per heavy atom. The molecule has 0 bridgehead atoms. The van der Waals surface area contributed by atoms with E-state index in [2.05, 4.69) is 15.9 Å². The van der Waals surface area contributed by atoms with Crippen LogP contribution in [0.2, 0.25) is 0 Å². The average molecular weight is 301 g/mol. The second kappa shape index (κ2) is 5.17. The maximum absolute atomic E-state index is 13.8. The van der Waals surface area contributed by atoms with E-state index >= 15 is 0 Å². The standard InChI is InChI=1S/C13H14BrFO2/c1-8-11(14)5-4-10(12(8)15)13(16)17-7-6-9-2-3-9/h4-5,9H,2-3,6-7H2,1H3. The van der Waals surface area contributed by atoms with Crippen LogP contribution in [0.1, 0.15) is 35.2 Å². The van der Waals surface area contributed by atoms with Crippen molar-refractivity contribution in [2.24, 2.45) is 5.92 Å². The number of esters is 1. The monoisotopic (exact) mass is 300 g/mol. The van der Waals surface area contributed by atoms with Crippen LogP contribution in [0.5, 0.6) is 0 Å². The van der Waals surface area contributed by atoms with Crippen molar-refractivity contribution in [2.45, 2.75) is 26.2 Å². The van der Waals surface area contributed by atoms with Gasteiger partial charge < -0.3 is 4.74 Å². The van der Waals surface area contributed by atoms with E-state index in [0.29, 0.717) is 22.6 Å². The molecule has 1 aromatic carbocycles. The Morgan fingerprint density at radius 3 is 2.88 bits per heavy atom. The molecule has 0 atom stereocenters. The summed E-state index contributed by atoms with van der Waals surface area (Å²) >= 11 is 3.22. The summed E-state index contributed by atoms with van der Waals surface area (Å²) in [4.78, 5) is 11.7. The van der Waals surface area contributed by atoms with Crippen LogP contribution in [0.4, 0.5) is 4.39 Å². The highest BCUT2D eigenvalue weighted by atomic mass is 79.9. The van der Waals surface area contributed by atoms with Gasteiger partial charge in [0, 0.05) is 4.47 Å². The molecule has 0 amide bonds. The lowest BCUT2D eigenvalue weighted by Crippen LogP contribution is -2.10. The SMILES string of the molecule is Cc1c(Br)ccc(C(=O)OCCC2CC2)c1F. The Kier molecular flexibility index (Phi) is 3.82. The highest BCUT2D eigenvalue weighted by Gasteiger charge is 2.22. The average Bonchev–Trinajstić information content (AvgIpc) is 3.10. The Balaban J connectivity index is 2.00. The first kappa shape index (κ1) is 12.6. The van der Waals surface area contributed by atoms with Gasteiger partial charge in [-0.25, -0.2) is 9.18 Å². The van der Waals surface area contributed by atoms with Gasteiger partial charge in [-0.15, -0.1) is 0 Å². The number of hydrogen-bond donors (Lipinski definition) is 0. The number of ether oxygens (including phenoxy) is 1. The van der Waals surface area contributed by atoms with Gasteiger partial charge in [-0.1, -0.05) is 28.8 Å². The van der Waals surface area contributed by atoms with Crippen LogP contribution in [0.25, 0.3) is 0 Å². The van der Waals surface area contributed by atoms with Gasteiger partial charge >= 0.3 is 5.97 Å². The normalized spacial score (nSPS) is 14.8. The summed E-state index contributed by atoms with van der Waals surface area (Å²) < 4.78 is 19.5. The molecule has 1 saturated carbocycles. The lowest BCUT2D eigenvalue weighted by molar-refractivity contribution is 0.0489. The van der Waals surface area contributed by atoms with Crippen LogP contribution in [-0.4, -0.2) is 12.6 Å². The molecule has 0 spiro atoms. The van der Waals surface area contributed by atoms with E-state index in [1.807, 2.05) is 0 Å². The van der Waals surface area contributed by atoms with Crippen molar-refractivity contribution < 1.29 is 13.9 Å². The van der Waals surface area contributed by atoms with E-state index in [1.165, 1.54) is 18.9 Å². The number of rotatable bonds is 4. The smallest absolute Gasteiger partial charge is 0.341 e. The summed E-state index contributed by atoms with van der Waals surface area (Å²) in [5, 5.41) is 0. The minimum Gasteiger partial charge on any atom is -0.462 e. The number of carbonyl (C=O) groups excluding carboxylic acids is 1. The maximum Gasteiger partial charge on any atom is 0.341 e. The van der Waals surface area contributed by atoms with Crippen LogP contribution >= 0.6 is 15.9 Å². The molecular formula is C13H14BrFO2. The summed E-state index contributed by atoms with van der Waals surface area (Å²) in [5.41, 5.74) is 0.447. The van der Waals surface area contributed by atoms with Crippen molar-refractivity contribution in [3.8, 4) is 0 Å². The Hall–Kier alpha value is -0.900. The molecule has 17 heavy (non-hydrogen) atoms. The molecule has 0 heterocycles. The van der Waals surface area contributed by atoms with Crippen molar-refractivity contribution in [3.63, 3.8) is 0 Å². The van der Waals surface area contributed by atoms with Crippen LogP contribution < -0.4 is 0 Å². The van der Waals surface area contributed by atoms with Gasteiger partial charge in [0.15, 0.2) is 0 Å². The Morgan fingerprint density at radius 1 is 1.53 bits per heavy atom. The Bertz CT molecular complexity index is 441. The van der Waals surface area contributed by atoms with Gasteiger partial charge in [0.2, 0.25) is 0 Å². The third-order valence-corrected chi connectivity index (χ3v) is 3.86. The molecule has 0 saturated heterocycles. The molecule has 0 unspecified atom stereocenters. The van der Waals surface area contributed by atoms with Crippen molar-refractivity contribution >= 4 is 21.9 Å². The van der Waals surface area contributed by atoms with E-state index in [0.717, 1.165) is 6.42 Å². The van der Waals surface area contributed by atoms with E-state index in [1.54, 1.807) is 13.0 Å². The fourth-order valence-corrected chi connectivity index (χ4v) is 1.93. The molecule has 0 radical (unpaired) electrons. The molecule has 1 aromatic rings. The number of benzene rings is 1. The second-order valence-corrected chi connectivity index (χ2v) is 5.26. The lowest BCUT2D eigenvalue weighted by atomic mass is 10.1. The summed E-state index contributed by atoms with van der Waals surface area (Å²) in [6.45, 7) is 2.01. The van der Waals surface area contributed by atoms with Crippen molar-refractivity contribution in [3.05, 3.63) is 33.5 Å². The van der Waals surface area contributed by atoms with Crippen LogP contribution in [-0.2, 0) is 4.74 Å². The minimum absolute atomic E-state index is 0.0153. The first-order valence-electron chi connectivity index (χ1n) is 5.71. The molecule has 1 aliphatic rings. The summed E-state index contributed by atoms with van der Waals surface area (Å²) in [5.74, 6) is -0.367.